The predicted octanol–water partition coefficient (Wildman–Crippen LogP) is 3.75. The van der Waals surface area contributed by atoms with Crippen molar-refractivity contribution in [3.05, 3.63) is 33.4 Å². The second-order valence-corrected chi connectivity index (χ2v) is 5.67. The SMILES string of the molecule is COC(=O)C1CCc2[nH]c3cc(Cl)c(Cl)cc3c2C1. The maximum absolute atomic E-state index is 11.7. The maximum atomic E-state index is 11.7. The predicted molar refractivity (Wildman–Crippen MR) is 75.8 cm³/mol. The summed E-state index contributed by atoms with van der Waals surface area (Å²) in [7, 11) is 1.43. The molecule has 0 saturated heterocycles. The van der Waals surface area contributed by atoms with Gasteiger partial charge in [0, 0.05) is 16.6 Å². The largest absolute Gasteiger partial charge is 0.469 e. The molecular weight excluding hydrogens is 285 g/mol. The van der Waals surface area contributed by atoms with Crippen molar-refractivity contribution in [3.63, 3.8) is 0 Å². The number of methoxy groups -OCH3 is 1. The molecule has 1 heterocycles. The normalized spacial score (nSPS) is 18.4. The van der Waals surface area contributed by atoms with Crippen molar-refractivity contribution in [2.24, 2.45) is 5.92 Å². The number of benzene rings is 1. The van der Waals surface area contributed by atoms with E-state index < -0.39 is 0 Å². The highest BCUT2D eigenvalue weighted by atomic mass is 35.5. The fourth-order valence-corrected chi connectivity index (χ4v) is 3.11. The molecule has 1 atom stereocenters. The number of rotatable bonds is 1. The minimum absolute atomic E-state index is 0.0639. The number of ether oxygens (including phenoxy) is 1. The molecule has 0 radical (unpaired) electrons. The van der Waals surface area contributed by atoms with Crippen LogP contribution < -0.4 is 0 Å². The van der Waals surface area contributed by atoms with Gasteiger partial charge in [0.05, 0.1) is 23.1 Å². The van der Waals surface area contributed by atoms with E-state index in [1.54, 1.807) is 0 Å². The van der Waals surface area contributed by atoms with Crippen molar-refractivity contribution in [2.45, 2.75) is 19.3 Å². The summed E-state index contributed by atoms with van der Waals surface area (Å²) in [6.45, 7) is 0. The van der Waals surface area contributed by atoms with E-state index in [-0.39, 0.29) is 11.9 Å². The van der Waals surface area contributed by atoms with Crippen LogP contribution in [0.1, 0.15) is 17.7 Å². The van der Waals surface area contributed by atoms with Gasteiger partial charge in [-0.2, -0.15) is 0 Å². The molecule has 100 valence electrons. The summed E-state index contributed by atoms with van der Waals surface area (Å²) in [5.41, 5.74) is 3.31. The topological polar surface area (TPSA) is 42.1 Å². The standard InChI is InChI=1S/C14H13Cl2NO2/c1-19-14(18)7-2-3-12-8(4-7)9-5-10(15)11(16)6-13(9)17-12/h5-7,17H,2-4H2,1H3. The van der Waals surface area contributed by atoms with Crippen LogP contribution in [0.15, 0.2) is 12.1 Å². The molecule has 0 fully saturated rings. The van der Waals surface area contributed by atoms with E-state index in [2.05, 4.69) is 4.98 Å². The number of carbonyl (C=O) groups excluding carboxylic acids is 1. The Bertz CT molecular complexity index is 663. The summed E-state index contributed by atoms with van der Waals surface area (Å²) in [5.74, 6) is -0.203. The molecule has 1 aliphatic carbocycles. The van der Waals surface area contributed by atoms with E-state index in [1.807, 2.05) is 12.1 Å². The minimum atomic E-state index is -0.139. The average molecular weight is 298 g/mol. The third kappa shape index (κ3) is 2.11. The smallest absolute Gasteiger partial charge is 0.309 e. The van der Waals surface area contributed by atoms with Crippen LogP contribution in [0.3, 0.4) is 0 Å². The second-order valence-electron chi connectivity index (χ2n) is 4.86. The van der Waals surface area contributed by atoms with Gasteiger partial charge in [-0.05, 0) is 37.0 Å². The first kappa shape index (κ1) is 12.8. The van der Waals surface area contributed by atoms with Gasteiger partial charge in [0.15, 0.2) is 0 Å². The van der Waals surface area contributed by atoms with Crippen LogP contribution in [0.5, 0.6) is 0 Å². The quantitative estimate of drug-likeness (QED) is 0.815. The molecule has 1 unspecified atom stereocenters. The van der Waals surface area contributed by atoms with Crippen molar-refractivity contribution in [3.8, 4) is 0 Å². The van der Waals surface area contributed by atoms with Gasteiger partial charge >= 0.3 is 5.97 Å². The summed E-state index contributed by atoms with van der Waals surface area (Å²) < 4.78 is 4.84. The summed E-state index contributed by atoms with van der Waals surface area (Å²) in [6.07, 6.45) is 2.35. The molecule has 5 heteroatoms. The number of halogens is 2. The van der Waals surface area contributed by atoms with Gasteiger partial charge in [0.2, 0.25) is 0 Å². The third-order valence-electron chi connectivity index (χ3n) is 3.76. The Morgan fingerprint density at radius 2 is 2.11 bits per heavy atom. The van der Waals surface area contributed by atoms with Crippen molar-refractivity contribution in [1.29, 1.82) is 0 Å². The van der Waals surface area contributed by atoms with E-state index in [0.29, 0.717) is 16.5 Å². The molecule has 1 aromatic heterocycles. The molecule has 0 spiro atoms. The van der Waals surface area contributed by atoms with Gasteiger partial charge < -0.3 is 9.72 Å². The fraction of sp³-hybridized carbons (Fsp3) is 0.357. The van der Waals surface area contributed by atoms with Gasteiger partial charge in [-0.1, -0.05) is 23.2 Å². The molecule has 1 aromatic carbocycles. The van der Waals surface area contributed by atoms with Crippen molar-refractivity contribution < 1.29 is 9.53 Å². The first-order valence-electron chi connectivity index (χ1n) is 6.16. The Balaban J connectivity index is 2.08. The molecule has 19 heavy (non-hydrogen) atoms. The van der Waals surface area contributed by atoms with Crippen LogP contribution in [0.4, 0.5) is 0 Å². The van der Waals surface area contributed by atoms with Crippen LogP contribution in [0, 0.1) is 5.92 Å². The number of aromatic nitrogens is 1. The van der Waals surface area contributed by atoms with E-state index in [0.717, 1.165) is 29.3 Å². The molecule has 1 aliphatic rings. The second kappa shape index (κ2) is 4.73. The average Bonchev–Trinajstić information content (AvgIpc) is 2.75. The molecule has 2 aromatic rings. The van der Waals surface area contributed by atoms with Gasteiger partial charge in [0.25, 0.3) is 0 Å². The number of carbonyl (C=O) groups is 1. The van der Waals surface area contributed by atoms with Gasteiger partial charge in [0.1, 0.15) is 0 Å². The lowest BCUT2D eigenvalue weighted by Gasteiger charge is -2.20. The monoisotopic (exact) mass is 297 g/mol. The zero-order chi connectivity index (χ0) is 13.6. The lowest BCUT2D eigenvalue weighted by Crippen LogP contribution is -2.23. The van der Waals surface area contributed by atoms with Crippen LogP contribution in [-0.2, 0) is 22.4 Å². The highest BCUT2D eigenvalue weighted by molar-refractivity contribution is 6.42. The Morgan fingerprint density at radius 1 is 1.37 bits per heavy atom. The van der Waals surface area contributed by atoms with Crippen LogP contribution in [-0.4, -0.2) is 18.1 Å². The summed E-state index contributed by atoms with van der Waals surface area (Å²) in [5, 5.41) is 2.13. The number of nitrogens with one attached hydrogen (secondary N) is 1. The maximum Gasteiger partial charge on any atom is 0.309 e. The third-order valence-corrected chi connectivity index (χ3v) is 4.49. The molecule has 3 rings (SSSR count). The number of hydrogen-bond donors (Lipinski definition) is 1. The lowest BCUT2D eigenvalue weighted by atomic mass is 9.86. The first-order valence-corrected chi connectivity index (χ1v) is 6.92. The number of hydrogen-bond acceptors (Lipinski definition) is 2. The van der Waals surface area contributed by atoms with Crippen molar-refractivity contribution in [2.75, 3.05) is 7.11 Å². The zero-order valence-corrected chi connectivity index (χ0v) is 11.9. The molecule has 0 amide bonds. The van der Waals surface area contributed by atoms with Crippen molar-refractivity contribution >= 4 is 40.1 Å². The van der Waals surface area contributed by atoms with E-state index in [4.69, 9.17) is 27.9 Å². The van der Waals surface area contributed by atoms with Crippen LogP contribution >= 0.6 is 23.2 Å². The number of fused-ring (bicyclic) bond motifs is 3. The Hall–Kier alpha value is -1.19. The first-order chi connectivity index (χ1) is 9.10. The zero-order valence-electron chi connectivity index (χ0n) is 10.4. The summed E-state index contributed by atoms with van der Waals surface area (Å²) in [4.78, 5) is 15.0. The molecule has 0 saturated carbocycles. The molecule has 0 bridgehead atoms. The minimum Gasteiger partial charge on any atom is -0.469 e. The molecular formula is C14H13Cl2NO2. The van der Waals surface area contributed by atoms with Gasteiger partial charge in [-0.3, -0.25) is 4.79 Å². The molecule has 0 aliphatic heterocycles. The highest BCUT2D eigenvalue weighted by Crippen LogP contribution is 2.36. The summed E-state index contributed by atoms with van der Waals surface area (Å²) >= 11 is 12.1. The summed E-state index contributed by atoms with van der Waals surface area (Å²) in [6, 6.07) is 3.71. The van der Waals surface area contributed by atoms with Crippen molar-refractivity contribution in [1.82, 2.24) is 4.98 Å². The van der Waals surface area contributed by atoms with Gasteiger partial charge in [-0.25, -0.2) is 0 Å². The Kier molecular flexibility index (Phi) is 3.19. The number of aryl methyl sites for hydroxylation is 1. The fourth-order valence-electron chi connectivity index (χ4n) is 2.78. The lowest BCUT2D eigenvalue weighted by molar-refractivity contribution is -0.145. The van der Waals surface area contributed by atoms with Crippen LogP contribution in [0.2, 0.25) is 10.0 Å². The van der Waals surface area contributed by atoms with E-state index in [1.165, 1.54) is 12.8 Å². The number of esters is 1. The Morgan fingerprint density at radius 3 is 2.84 bits per heavy atom. The van der Waals surface area contributed by atoms with E-state index in [9.17, 15) is 4.79 Å². The Labute approximate surface area is 120 Å². The van der Waals surface area contributed by atoms with Gasteiger partial charge in [-0.15, -0.1) is 0 Å². The number of aromatic amines is 1. The molecule has 1 N–H and O–H groups in total. The number of H-pyrrole nitrogens is 1. The molecule has 3 nitrogen and oxygen atoms in total. The van der Waals surface area contributed by atoms with Crippen LogP contribution in [0.25, 0.3) is 10.9 Å². The van der Waals surface area contributed by atoms with E-state index >= 15 is 0 Å². The highest BCUT2D eigenvalue weighted by Gasteiger charge is 2.28.